The van der Waals surface area contributed by atoms with Gasteiger partial charge in [-0.3, -0.25) is 0 Å². The average molecular weight is 184 g/mol. The van der Waals surface area contributed by atoms with Crippen LogP contribution >= 0.6 is 0 Å². The molecule has 2 heteroatoms. The SMILES string of the molecule is CCCC1CN(C)C(C(C)C)CN1. The van der Waals surface area contributed by atoms with E-state index in [0.29, 0.717) is 0 Å². The van der Waals surface area contributed by atoms with Gasteiger partial charge in [0.25, 0.3) is 0 Å². The van der Waals surface area contributed by atoms with Crippen molar-refractivity contribution in [3.8, 4) is 0 Å². The zero-order chi connectivity index (χ0) is 9.84. The van der Waals surface area contributed by atoms with Crippen molar-refractivity contribution < 1.29 is 0 Å². The van der Waals surface area contributed by atoms with Crippen molar-refractivity contribution in [1.29, 1.82) is 0 Å². The van der Waals surface area contributed by atoms with Gasteiger partial charge in [0.15, 0.2) is 0 Å². The van der Waals surface area contributed by atoms with Gasteiger partial charge in [0.2, 0.25) is 0 Å². The van der Waals surface area contributed by atoms with E-state index >= 15 is 0 Å². The molecule has 0 aromatic rings. The van der Waals surface area contributed by atoms with Gasteiger partial charge >= 0.3 is 0 Å². The van der Waals surface area contributed by atoms with Crippen LogP contribution in [-0.2, 0) is 0 Å². The third-order valence-electron chi connectivity index (χ3n) is 3.10. The molecule has 1 heterocycles. The molecule has 2 atom stereocenters. The van der Waals surface area contributed by atoms with E-state index in [-0.39, 0.29) is 0 Å². The number of likely N-dealkylation sites (N-methyl/N-ethyl adjacent to an activating group) is 1. The molecule has 0 bridgehead atoms. The second kappa shape index (κ2) is 4.97. The Morgan fingerprint density at radius 2 is 2.15 bits per heavy atom. The van der Waals surface area contributed by atoms with Gasteiger partial charge in [-0.1, -0.05) is 27.2 Å². The Hall–Kier alpha value is -0.0800. The number of hydrogen-bond acceptors (Lipinski definition) is 2. The van der Waals surface area contributed by atoms with Crippen LogP contribution in [0.25, 0.3) is 0 Å². The van der Waals surface area contributed by atoms with E-state index in [2.05, 4.69) is 38.0 Å². The minimum Gasteiger partial charge on any atom is -0.311 e. The highest BCUT2D eigenvalue weighted by molar-refractivity contribution is 4.85. The van der Waals surface area contributed by atoms with Crippen LogP contribution in [0, 0.1) is 5.92 Å². The molecule has 2 unspecified atom stereocenters. The Morgan fingerprint density at radius 1 is 1.46 bits per heavy atom. The largest absolute Gasteiger partial charge is 0.311 e. The molecule has 1 rings (SSSR count). The predicted molar refractivity (Wildman–Crippen MR) is 58.0 cm³/mol. The Kier molecular flexibility index (Phi) is 4.20. The summed E-state index contributed by atoms with van der Waals surface area (Å²) in [5.41, 5.74) is 0. The average Bonchev–Trinajstić information content (AvgIpc) is 2.04. The molecular weight excluding hydrogens is 160 g/mol. The van der Waals surface area contributed by atoms with Crippen molar-refractivity contribution in [3.63, 3.8) is 0 Å². The van der Waals surface area contributed by atoms with E-state index in [0.717, 1.165) is 18.0 Å². The fourth-order valence-electron chi connectivity index (χ4n) is 2.28. The Labute approximate surface area is 82.7 Å². The van der Waals surface area contributed by atoms with Gasteiger partial charge in [0.05, 0.1) is 0 Å². The van der Waals surface area contributed by atoms with Crippen LogP contribution in [-0.4, -0.2) is 37.1 Å². The molecule has 0 amide bonds. The summed E-state index contributed by atoms with van der Waals surface area (Å²) in [5.74, 6) is 0.764. The highest BCUT2D eigenvalue weighted by atomic mass is 15.2. The van der Waals surface area contributed by atoms with Gasteiger partial charge < -0.3 is 10.2 Å². The fourth-order valence-corrected chi connectivity index (χ4v) is 2.28. The molecule has 0 saturated carbocycles. The lowest BCUT2D eigenvalue weighted by atomic mass is 9.98. The van der Waals surface area contributed by atoms with Crippen molar-refractivity contribution in [2.45, 2.75) is 45.7 Å². The van der Waals surface area contributed by atoms with Crippen LogP contribution in [0.4, 0.5) is 0 Å². The molecule has 13 heavy (non-hydrogen) atoms. The third kappa shape index (κ3) is 2.96. The first kappa shape index (κ1) is 11.0. The zero-order valence-corrected chi connectivity index (χ0v) is 9.51. The van der Waals surface area contributed by atoms with Crippen molar-refractivity contribution in [2.75, 3.05) is 20.1 Å². The lowest BCUT2D eigenvalue weighted by Gasteiger charge is -2.40. The van der Waals surface area contributed by atoms with Gasteiger partial charge in [-0.05, 0) is 19.4 Å². The monoisotopic (exact) mass is 184 g/mol. The Bertz CT molecular complexity index is 145. The van der Waals surface area contributed by atoms with Crippen molar-refractivity contribution in [3.05, 3.63) is 0 Å². The summed E-state index contributed by atoms with van der Waals surface area (Å²) in [6.07, 6.45) is 2.60. The van der Waals surface area contributed by atoms with Gasteiger partial charge in [-0.15, -0.1) is 0 Å². The second-order valence-electron chi connectivity index (χ2n) is 4.64. The molecule has 1 fully saturated rings. The van der Waals surface area contributed by atoms with Crippen LogP contribution in [0.1, 0.15) is 33.6 Å². The van der Waals surface area contributed by atoms with Crippen LogP contribution in [0.3, 0.4) is 0 Å². The smallest absolute Gasteiger partial charge is 0.0241 e. The summed E-state index contributed by atoms with van der Waals surface area (Å²) in [4.78, 5) is 2.52. The summed E-state index contributed by atoms with van der Waals surface area (Å²) in [7, 11) is 2.26. The molecule has 1 aliphatic heterocycles. The summed E-state index contributed by atoms with van der Waals surface area (Å²) in [5, 5.41) is 3.64. The predicted octanol–water partition coefficient (Wildman–Crippen LogP) is 1.71. The standard InChI is InChI=1S/C11H24N2/c1-5-6-10-8-13(4)11(7-12-10)9(2)3/h9-12H,5-8H2,1-4H3. The first-order valence-corrected chi connectivity index (χ1v) is 5.58. The third-order valence-corrected chi connectivity index (χ3v) is 3.10. The first-order chi connectivity index (χ1) is 6.15. The van der Waals surface area contributed by atoms with E-state index in [4.69, 9.17) is 0 Å². The van der Waals surface area contributed by atoms with E-state index in [1.165, 1.54) is 25.9 Å². The van der Waals surface area contributed by atoms with Crippen molar-refractivity contribution in [2.24, 2.45) is 5.92 Å². The lowest BCUT2D eigenvalue weighted by molar-refractivity contribution is 0.124. The van der Waals surface area contributed by atoms with Gasteiger partial charge in [-0.25, -0.2) is 0 Å². The molecule has 0 aliphatic carbocycles. The normalized spacial score (nSPS) is 31.2. The van der Waals surface area contributed by atoms with Gasteiger partial charge in [0, 0.05) is 25.2 Å². The number of piperazine rings is 1. The molecule has 1 saturated heterocycles. The molecule has 0 spiro atoms. The fraction of sp³-hybridized carbons (Fsp3) is 1.00. The molecule has 0 radical (unpaired) electrons. The van der Waals surface area contributed by atoms with Crippen LogP contribution < -0.4 is 5.32 Å². The quantitative estimate of drug-likeness (QED) is 0.718. The van der Waals surface area contributed by atoms with Crippen LogP contribution in [0.2, 0.25) is 0 Å². The molecule has 0 aromatic heterocycles. The molecule has 1 aliphatic rings. The molecule has 78 valence electrons. The lowest BCUT2D eigenvalue weighted by Crippen LogP contribution is -2.56. The van der Waals surface area contributed by atoms with Crippen molar-refractivity contribution in [1.82, 2.24) is 10.2 Å². The number of nitrogens with one attached hydrogen (secondary N) is 1. The summed E-state index contributed by atoms with van der Waals surface area (Å²) >= 11 is 0. The van der Waals surface area contributed by atoms with Crippen LogP contribution in [0.5, 0.6) is 0 Å². The van der Waals surface area contributed by atoms with Gasteiger partial charge in [-0.2, -0.15) is 0 Å². The highest BCUT2D eigenvalue weighted by Gasteiger charge is 2.26. The minimum absolute atomic E-state index is 0.727. The Morgan fingerprint density at radius 3 is 2.62 bits per heavy atom. The maximum absolute atomic E-state index is 3.64. The summed E-state index contributed by atoms with van der Waals surface area (Å²) < 4.78 is 0. The second-order valence-corrected chi connectivity index (χ2v) is 4.64. The molecular formula is C11H24N2. The van der Waals surface area contributed by atoms with E-state index in [1.54, 1.807) is 0 Å². The summed E-state index contributed by atoms with van der Waals surface area (Å²) in [6.45, 7) is 9.26. The molecule has 2 nitrogen and oxygen atoms in total. The Balaban J connectivity index is 2.37. The van der Waals surface area contributed by atoms with E-state index < -0.39 is 0 Å². The van der Waals surface area contributed by atoms with Gasteiger partial charge in [0.1, 0.15) is 0 Å². The maximum Gasteiger partial charge on any atom is 0.0241 e. The summed E-state index contributed by atoms with van der Waals surface area (Å²) in [6, 6.07) is 1.46. The van der Waals surface area contributed by atoms with Crippen LogP contribution in [0.15, 0.2) is 0 Å². The van der Waals surface area contributed by atoms with E-state index in [9.17, 15) is 0 Å². The number of hydrogen-bond donors (Lipinski definition) is 1. The molecule has 1 N–H and O–H groups in total. The molecule has 0 aromatic carbocycles. The first-order valence-electron chi connectivity index (χ1n) is 5.58. The number of nitrogens with zero attached hydrogens (tertiary/aromatic N) is 1. The highest BCUT2D eigenvalue weighted by Crippen LogP contribution is 2.14. The topological polar surface area (TPSA) is 15.3 Å². The maximum atomic E-state index is 3.64. The minimum atomic E-state index is 0.727. The zero-order valence-electron chi connectivity index (χ0n) is 9.51. The van der Waals surface area contributed by atoms with E-state index in [1.807, 2.05) is 0 Å². The van der Waals surface area contributed by atoms with Crippen molar-refractivity contribution >= 4 is 0 Å². The number of rotatable bonds is 3.